The minimum atomic E-state index is -2.07. The summed E-state index contributed by atoms with van der Waals surface area (Å²) in [4.78, 5) is 24.4. The van der Waals surface area contributed by atoms with Crippen molar-refractivity contribution in [3.05, 3.63) is 59.1 Å². The second-order valence-corrected chi connectivity index (χ2v) is 19.7. The van der Waals surface area contributed by atoms with Gasteiger partial charge in [-0.1, -0.05) is 71.2 Å². The van der Waals surface area contributed by atoms with E-state index in [4.69, 9.17) is 26.1 Å². The number of hydrogen-bond donors (Lipinski definition) is 1. The Morgan fingerprint density at radius 3 is 2.50 bits per heavy atom. The van der Waals surface area contributed by atoms with E-state index in [2.05, 4.69) is 62.9 Å². The molecule has 1 amide bonds. The van der Waals surface area contributed by atoms with Crippen molar-refractivity contribution in [1.29, 1.82) is 0 Å². The molecule has 2 atom stereocenters. The molecular weight excluding hydrogens is 647 g/mol. The predicted octanol–water partition coefficient (Wildman–Crippen LogP) is 8.74. The van der Waals surface area contributed by atoms with Crippen LogP contribution in [0, 0.1) is 17.3 Å². The molecule has 0 aliphatic carbocycles. The molecule has 48 heavy (non-hydrogen) atoms. The van der Waals surface area contributed by atoms with E-state index in [-0.39, 0.29) is 30.1 Å². The summed E-state index contributed by atoms with van der Waals surface area (Å²) >= 11 is 6.69. The third-order valence-electron chi connectivity index (χ3n) is 10.4. The van der Waals surface area contributed by atoms with Gasteiger partial charge in [0.1, 0.15) is 25.0 Å². The second kappa shape index (κ2) is 13.2. The summed E-state index contributed by atoms with van der Waals surface area (Å²) in [6.45, 7) is 14.7. The molecule has 2 aliphatic rings. The van der Waals surface area contributed by atoms with Crippen molar-refractivity contribution in [2.45, 2.75) is 76.7 Å². The molecular formula is C37H42ClFN4O4Si. The molecule has 2 fully saturated rings. The summed E-state index contributed by atoms with van der Waals surface area (Å²) in [6.07, 6.45) is 2.83. The molecule has 4 aromatic rings. The minimum Gasteiger partial charge on any atom is -0.468 e. The van der Waals surface area contributed by atoms with E-state index in [0.717, 1.165) is 16.3 Å². The molecule has 2 aromatic carbocycles. The molecule has 0 unspecified atom stereocenters. The zero-order valence-corrected chi connectivity index (χ0v) is 30.2. The smallest absolute Gasteiger partial charge is 0.407 e. The van der Waals surface area contributed by atoms with Crippen LogP contribution in [0.3, 0.4) is 0 Å². The van der Waals surface area contributed by atoms with Gasteiger partial charge in [0.05, 0.1) is 22.8 Å². The second-order valence-electron chi connectivity index (χ2n) is 13.8. The highest BCUT2D eigenvalue weighted by molar-refractivity contribution is 6.90. The fourth-order valence-corrected chi connectivity index (χ4v) is 13.7. The molecule has 8 nitrogen and oxygen atoms in total. The maximum Gasteiger partial charge on any atom is 0.407 e. The van der Waals surface area contributed by atoms with E-state index >= 15 is 4.39 Å². The number of carbonyl (C=O) groups is 1. The molecule has 2 aromatic heterocycles. The summed E-state index contributed by atoms with van der Waals surface area (Å²) in [5.41, 5.74) is 7.45. The molecule has 4 heterocycles. The maximum atomic E-state index is 16.9. The van der Waals surface area contributed by atoms with Crippen molar-refractivity contribution in [3.8, 4) is 28.5 Å². The first-order valence-electron chi connectivity index (χ1n) is 16.5. The molecule has 6 rings (SSSR count). The quantitative estimate of drug-likeness (QED) is 0.113. The number of anilines is 1. The van der Waals surface area contributed by atoms with Crippen LogP contribution in [-0.2, 0) is 4.74 Å². The molecule has 2 saturated heterocycles. The third kappa shape index (κ3) is 5.56. The van der Waals surface area contributed by atoms with Gasteiger partial charge in [-0.2, -0.15) is 0 Å². The minimum absolute atomic E-state index is 0.0318. The summed E-state index contributed by atoms with van der Waals surface area (Å²) in [5.74, 6) is 3.53. The van der Waals surface area contributed by atoms with E-state index in [0.29, 0.717) is 63.5 Å². The molecule has 0 bridgehead atoms. The maximum absolute atomic E-state index is 16.9. The highest BCUT2D eigenvalue weighted by Crippen LogP contribution is 2.45. The van der Waals surface area contributed by atoms with Crippen LogP contribution in [0.5, 0.6) is 5.75 Å². The van der Waals surface area contributed by atoms with Gasteiger partial charge in [-0.15, -0.1) is 5.54 Å². The number of aromatic nitrogens is 2. The number of nitrogens with zero attached hydrogens (tertiary/aromatic N) is 4. The third-order valence-corrected chi connectivity index (χ3v) is 17.0. The van der Waals surface area contributed by atoms with Crippen molar-refractivity contribution in [2.75, 3.05) is 31.9 Å². The van der Waals surface area contributed by atoms with Gasteiger partial charge in [0.15, 0.2) is 12.6 Å². The fourth-order valence-electron chi connectivity index (χ4n) is 8.19. The van der Waals surface area contributed by atoms with Gasteiger partial charge in [-0.25, -0.2) is 9.18 Å². The number of benzene rings is 2. The number of fused-ring (bicyclic) bond motifs is 3. The lowest BCUT2D eigenvalue weighted by atomic mass is 9.94. The number of ether oxygens (including phenoxy) is 2. The number of halogens is 2. The van der Waals surface area contributed by atoms with Gasteiger partial charge in [-0.05, 0) is 46.6 Å². The lowest BCUT2D eigenvalue weighted by Crippen LogP contribution is -2.63. The zero-order valence-electron chi connectivity index (χ0n) is 28.5. The van der Waals surface area contributed by atoms with Crippen LogP contribution in [0.2, 0.25) is 21.6 Å². The van der Waals surface area contributed by atoms with E-state index in [9.17, 15) is 9.90 Å². The van der Waals surface area contributed by atoms with Crippen LogP contribution < -0.4 is 9.64 Å². The van der Waals surface area contributed by atoms with Gasteiger partial charge >= 0.3 is 6.09 Å². The number of pyridine rings is 2. The van der Waals surface area contributed by atoms with Gasteiger partial charge in [0.25, 0.3) is 0 Å². The Kier molecular flexibility index (Phi) is 9.33. The van der Waals surface area contributed by atoms with Crippen molar-refractivity contribution in [1.82, 2.24) is 14.9 Å². The van der Waals surface area contributed by atoms with Crippen molar-refractivity contribution in [3.63, 3.8) is 0 Å². The molecule has 11 heteroatoms. The topological polar surface area (TPSA) is 88.0 Å². The Labute approximate surface area is 287 Å². The highest BCUT2D eigenvalue weighted by Gasteiger charge is 2.50. The molecule has 2 aliphatic heterocycles. The van der Waals surface area contributed by atoms with Crippen LogP contribution in [-0.4, -0.2) is 73.2 Å². The lowest BCUT2D eigenvalue weighted by molar-refractivity contribution is 0.0512. The summed E-state index contributed by atoms with van der Waals surface area (Å²) in [5, 5.41) is 12.1. The number of methoxy groups -OCH3 is 1. The normalized spacial score (nSPS) is 17.7. The average molecular weight is 689 g/mol. The Morgan fingerprint density at radius 1 is 1.10 bits per heavy atom. The fraction of sp³-hybridized carbons (Fsp3) is 0.432. The number of rotatable bonds is 8. The first kappa shape index (κ1) is 34.0. The zero-order chi connectivity index (χ0) is 34.5. The van der Waals surface area contributed by atoms with Gasteiger partial charge < -0.3 is 24.4 Å². The first-order chi connectivity index (χ1) is 22.9. The lowest BCUT2D eigenvalue weighted by Gasteiger charge is -2.48. The SMILES string of the molecule is COCOc1cc(-c2ncc3c(N4C[C@@H]5[C@H]4CCN5C(=O)O)c(Cl)cnc3c2F)c2c(C#C[Si](C(C)C)(C(C)C)C(C)C)cccc2c1. The van der Waals surface area contributed by atoms with Gasteiger partial charge in [0.2, 0.25) is 0 Å². The number of hydrogen-bond acceptors (Lipinski definition) is 6. The van der Waals surface area contributed by atoms with Crippen LogP contribution in [0.1, 0.15) is 53.5 Å². The predicted molar refractivity (Wildman–Crippen MR) is 192 cm³/mol. The monoisotopic (exact) mass is 688 g/mol. The van der Waals surface area contributed by atoms with E-state index < -0.39 is 20.0 Å². The van der Waals surface area contributed by atoms with Crippen molar-refractivity contribution >= 4 is 53.1 Å². The molecule has 1 N–H and O–H groups in total. The summed E-state index contributed by atoms with van der Waals surface area (Å²) in [7, 11) is -0.516. The average Bonchev–Trinajstić information content (AvgIpc) is 3.37. The number of likely N-dealkylation sites (tertiary alicyclic amines) is 1. The van der Waals surface area contributed by atoms with Crippen LogP contribution in [0.4, 0.5) is 14.9 Å². The Hall–Kier alpha value is -3.91. The Bertz CT molecular complexity index is 1940. The van der Waals surface area contributed by atoms with E-state index in [1.54, 1.807) is 19.4 Å². The van der Waals surface area contributed by atoms with Gasteiger partial charge in [0, 0.05) is 54.5 Å². The first-order valence-corrected chi connectivity index (χ1v) is 19.1. The van der Waals surface area contributed by atoms with Crippen molar-refractivity contribution in [2.24, 2.45) is 0 Å². The molecule has 252 valence electrons. The van der Waals surface area contributed by atoms with E-state index in [1.807, 2.05) is 24.3 Å². The molecule has 0 spiro atoms. The number of amides is 1. The standard InChI is InChI=1S/C37H42ClFN4O4Si/c1-21(2)48(22(3)4,23(5)6)14-12-24-9-8-10-25-15-26(47-20-46-7)16-27(32(24)25)34-33(39)35-28(17-40-34)36(29(38)18-41-35)43-19-31-30(43)11-13-42(31)37(44)45/h8-10,15-18,21-23,30-31H,11,13,19-20H2,1-7H3,(H,44,45)/t30-,31-/m1/s1. The van der Waals surface area contributed by atoms with Crippen LogP contribution >= 0.6 is 11.6 Å². The van der Waals surface area contributed by atoms with Crippen LogP contribution in [0.15, 0.2) is 42.7 Å². The molecule has 0 radical (unpaired) electrons. The van der Waals surface area contributed by atoms with Crippen LogP contribution in [0.25, 0.3) is 32.9 Å². The summed E-state index contributed by atoms with van der Waals surface area (Å²) in [6, 6.07) is 9.48. The largest absolute Gasteiger partial charge is 0.468 e. The van der Waals surface area contributed by atoms with E-state index in [1.165, 1.54) is 11.1 Å². The van der Waals surface area contributed by atoms with Crippen molar-refractivity contribution < 1.29 is 23.8 Å². The Morgan fingerprint density at radius 2 is 1.83 bits per heavy atom. The Balaban J connectivity index is 1.53. The highest BCUT2D eigenvalue weighted by atomic mass is 35.5. The molecule has 0 saturated carbocycles. The summed E-state index contributed by atoms with van der Waals surface area (Å²) < 4.78 is 27.9. The van der Waals surface area contributed by atoms with Gasteiger partial charge in [-0.3, -0.25) is 9.97 Å². The number of carboxylic acid groups (broad SMARTS) is 1.